The summed E-state index contributed by atoms with van der Waals surface area (Å²) in [6, 6.07) is 0. The zero-order chi connectivity index (χ0) is 13.7. The first-order chi connectivity index (χ1) is 7.93. The van der Waals surface area contributed by atoms with E-state index in [1.807, 2.05) is 0 Å². The van der Waals surface area contributed by atoms with Crippen molar-refractivity contribution in [2.75, 3.05) is 13.2 Å². The van der Waals surface area contributed by atoms with Crippen LogP contribution in [-0.2, 0) is 4.79 Å². The Balaban J connectivity index is 0. The van der Waals surface area contributed by atoms with Gasteiger partial charge in [0.1, 0.15) is 6.10 Å². The van der Waals surface area contributed by atoms with Crippen molar-refractivity contribution in [3.63, 3.8) is 0 Å². The van der Waals surface area contributed by atoms with E-state index in [1.54, 1.807) is 0 Å². The van der Waals surface area contributed by atoms with Gasteiger partial charge in [0.05, 0.1) is 13.2 Å². The predicted molar refractivity (Wildman–Crippen MR) is 65.7 cm³/mol. The van der Waals surface area contributed by atoms with Crippen LogP contribution in [0.4, 0.5) is 0 Å². The summed E-state index contributed by atoms with van der Waals surface area (Å²) in [5.74, 6) is 0.0781. The Morgan fingerprint density at radius 1 is 1.06 bits per heavy atom. The van der Waals surface area contributed by atoms with E-state index >= 15 is 0 Å². The number of hydrogen-bond donors (Lipinski definition) is 4. The molecule has 0 unspecified atom stereocenters. The summed E-state index contributed by atoms with van der Waals surface area (Å²) in [5.41, 5.74) is 0. The van der Waals surface area contributed by atoms with Crippen molar-refractivity contribution in [2.24, 2.45) is 5.92 Å². The van der Waals surface area contributed by atoms with Gasteiger partial charge in [-0.05, 0) is 12.3 Å². The number of unbranched alkanes of at least 4 members (excludes halogenated alkanes) is 2. The molecule has 0 radical (unpaired) electrons. The van der Waals surface area contributed by atoms with Crippen LogP contribution in [0.1, 0.15) is 46.0 Å². The number of carboxylic acid groups (broad SMARTS) is 1. The number of aliphatic hydroxyl groups excluding tert-OH is 3. The number of carbonyl (C=O) groups is 1. The van der Waals surface area contributed by atoms with Gasteiger partial charge in [0.2, 0.25) is 0 Å². The lowest BCUT2D eigenvalue weighted by molar-refractivity contribution is -0.137. The normalized spacial score (nSPS) is 10.3. The molecule has 0 aromatic carbocycles. The second kappa shape index (κ2) is 13.4. The molecule has 0 bridgehead atoms. The van der Waals surface area contributed by atoms with Gasteiger partial charge in [-0.25, -0.2) is 0 Å². The molecule has 0 rings (SSSR count). The van der Waals surface area contributed by atoms with Crippen LogP contribution in [0.2, 0.25) is 0 Å². The van der Waals surface area contributed by atoms with E-state index in [0.717, 1.165) is 18.8 Å². The van der Waals surface area contributed by atoms with Crippen LogP contribution in [0.5, 0.6) is 0 Å². The first-order valence-electron chi connectivity index (χ1n) is 6.05. The molecule has 5 heteroatoms. The highest BCUT2D eigenvalue weighted by atomic mass is 16.4. The molecule has 0 aromatic heterocycles. The molecule has 0 atom stereocenters. The molecule has 0 spiro atoms. The highest BCUT2D eigenvalue weighted by Crippen LogP contribution is 2.08. The van der Waals surface area contributed by atoms with Gasteiger partial charge < -0.3 is 20.4 Å². The minimum absolute atomic E-state index is 0.331. The Bertz CT molecular complexity index is 166. The van der Waals surface area contributed by atoms with Gasteiger partial charge in [0.25, 0.3) is 0 Å². The van der Waals surface area contributed by atoms with Crippen LogP contribution in [0.15, 0.2) is 0 Å². The van der Waals surface area contributed by atoms with E-state index in [2.05, 4.69) is 13.8 Å². The fraction of sp³-hybridized carbons (Fsp3) is 0.917. The maximum Gasteiger partial charge on any atom is 0.303 e. The highest BCUT2D eigenvalue weighted by molar-refractivity contribution is 5.66. The van der Waals surface area contributed by atoms with Gasteiger partial charge in [-0.15, -0.1) is 0 Å². The van der Waals surface area contributed by atoms with Gasteiger partial charge in [0.15, 0.2) is 0 Å². The van der Waals surface area contributed by atoms with Crippen LogP contribution in [0, 0.1) is 5.92 Å². The first-order valence-corrected chi connectivity index (χ1v) is 6.05. The Hall–Kier alpha value is -0.650. The third kappa shape index (κ3) is 21.2. The minimum Gasteiger partial charge on any atom is -0.481 e. The molecule has 5 nitrogen and oxygen atoms in total. The number of carboxylic acids is 1. The number of aliphatic hydroxyl groups is 3. The fourth-order valence-electron chi connectivity index (χ4n) is 1.06. The standard InChI is InChI=1S/C9H18O2.C3H8O3/c1-8(2)6-4-3-5-7-9(10)11;4-1-3(6)2-5/h8H,3-7H2,1-2H3,(H,10,11);3-6H,1-2H2. The lowest BCUT2D eigenvalue weighted by Gasteiger charge is -2.02. The summed E-state index contributed by atoms with van der Waals surface area (Å²) in [4.78, 5) is 10.1. The lowest BCUT2D eigenvalue weighted by atomic mass is 10.0. The van der Waals surface area contributed by atoms with E-state index in [4.69, 9.17) is 20.4 Å². The second-order valence-electron chi connectivity index (χ2n) is 4.41. The monoisotopic (exact) mass is 250 g/mol. The average Bonchev–Trinajstić information content (AvgIpc) is 2.27. The summed E-state index contributed by atoms with van der Waals surface area (Å²) in [6.07, 6.45) is 3.67. The van der Waals surface area contributed by atoms with Crippen LogP contribution >= 0.6 is 0 Å². The average molecular weight is 250 g/mol. The Kier molecular flexibility index (Phi) is 14.8. The van der Waals surface area contributed by atoms with Crippen molar-refractivity contribution in [1.29, 1.82) is 0 Å². The summed E-state index contributed by atoms with van der Waals surface area (Å²) in [5, 5.41) is 32.3. The van der Waals surface area contributed by atoms with Crippen LogP contribution in [0.3, 0.4) is 0 Å². The number of aliphatic carboxylic acids is 1. The third-order valence-corrected chi connectivity index (χ3v) is 2.09. The van der Waals surface area contributed by atoms with Crippen LogP contribution in [0.25, 0.3) is 0 Å². The van der Waals surface area contributed by atoms with Gasteiger partial charge in [-0.1, -0.05) is 33.1 Å². The van der Waals surface area contributed by atoms with Gasteiger partial charge in [0, 0.05) is 6.42 Å². The van der Waals surface area contributed by atoms with Crippen molar-refractivity contribution in [2.45, 2.75) is 52.1 Å². The maximum atomic E-state index is 10.1. The zero-order valence-corrected chi connectivity index (χ0v) is 10.8. The lowest BCUT2D eigenvalue weighted by Crippen LogP contribution is -2.15. The summed E-state index contributed by atoms with van der Waals surface area (Å²) in [6.45, 7) is 3.65. The third-order valence-electron chi connectivity index (χ3n) is 2.09. The minimum atomic E-state index is -0.954. The number of hydrogen-bond acceptors (Lipinski definition) is 4. The molecule has 0 fully saturated rings. The molecule has 0 aliphatic carbocycles. The molecule has 0 heterocycles. The smallest absolute Gasteiger partial charge is 0.303 e. The SMILES string of the molecule is CC(C)CCCCCC(=O)O.OCC(O)CO. The Labute approximate surface area is 103 Å². The van der Waals surface area contributed by atoms with E-state index in [9.17, 15) is 4.79 Å². The van der Waals surface area contributed by atoms with Crippen molar-refractivity contribution in [3.05, 3.63) is 0 Å². The summed E-state index contributed by atoms with van der Waals surface area (Å²) in [7, 11) is 0. The Morgan fingerprint density at radius 2 is 1.59 bits per heavy atom. The van der Waals surface area contributed by atoms with Gasteiger partial charge in [-0.2, -0.15) is 0 Å². The highest BCUT2D eigenvalue weighted by Gasteiger charge is 1.97. The van der Waals surface area contributed by atoms with Gasteiger partial charge >= 0.3 is 5.97 Å². The van der Waals surface area contributed by atoms with Crippen molar-refractivity contribution >= 4 is 5.97 Å². The molecular weight excluding hydrogens is 224 g/mol. The van der Waals surface area contributed by atoms with Crippen LogP contribution in [-0.4, -0.2) is 45.7 Å². The second-order valence-corrected chi connectivity index (χ2v) is 4.41. The van der Waals surface area contributed by atoms with Crippen LogP contribution < -0.4 is 0 Å². The Morgan fingerprint density at radius 3 is 1.88 bits per heavy atom. The molecule has 104 valence electrons. The molecular formula is C12H26O5. The largest absolute Gasteiger partial charge is 0.481 e. The fourth-order valence-corrected chi connectivity index (χ4v) is 1.06. The molecule has 0 saturated heterocycles. The quantitative estimate of drug-likeness (QED) is 0.482. The molecule has 17 heavy (non-hydrogen) atoms. The number of rotatable bonds is 8. The molecule has 0 aliphatic heterocycles. The van der Waals surface area contributed by atoms with Crippen molar-refractivity contribution < 1.29 is 25.2 Å². The van der Waals surface area contributed by atoms with Crippen molar-refractivity contribution in [3.8, 4) is 0 Å². The topological polar surface area (TPSA) is 98.0 Å². The first kappa shape index (κ1) is 18.7. The van der Waals surface area contributed by atoms with Crippen molar-refractivity contribution in [1.82, 2.24) is 0 Å². The van der Waals surface area contributed by atoms with E-state index in [1.165, 1.54) is 12.8 Å². The maximum absolute atomic E-state index is 10.1. The molecule has 0 amide bonds. The zero-order valence-electron chi connectivity index (χ0n) is 10.8. The van der Waals surface area contributed by atoms with E-state index in [-0.39, 0.29) is 13.2 Å². The van der Waals surface area contributed by atoms with Gasteiger partial charge in [-0.3, -0.25) is 4.79 Å². The van der Waals surface area contributed by atoms with E-state index < -0.39 is 12.1 Å². The summed E-state index contributed by atoms with van der Waals surface area (Å²) >= 11 is 0. The predicted octanol–water partition coefficient (Wildman–Crippen LogP) is 1.01. The molecule has 0 aliphatic rings. The van der Waals surface area contributed by atoms with E-state index in [0.29, 0.717) is 6.42 Å². The molecule has 0 saturated carbocycles. The molecule has 4 N–H and O–H groups in total. The molecule has 0 aromatic rings. The summed E-state index contributed by atoms with van der Waals surface area (Å²) < 4.78 is 0.